The molecule has 0 radical (unpaired) electrons. The van der Waals surface area contributed by atoms with Gasteiger partial charge in [0, 0.05) is 30.0 Å². The first-order valence-electron chi connectivity index (χ1n) is 12.4. The zero-order chi connectivity index (χ0) is 22.3. The van der Waals surface area contributed by atoms with Gasteiger partial charge in [-0.1, -0.05) is 85.7 Å². The molecule has 0 N–H and O–H groups in total. The number of allylic oxidation sites excluding steroid dienone is 2. The lowest BCUT2D eigenvalue weighted by molar-refractivity contribution is -0.162. The van der Waals surface area contributed by atoms with Crippen LogP contribution in [0, 0.1) is 0 Å². The van der Waals surface area contributed by atoms with E-state index in [0.29, 0.717) is 0 Å². The highest BCUT2D eigenvalue weighted by Gasteiger charge is 2.26. The van der Waals surface area contributed by atoms with Crippen molar-refractivity contribution in [1.82, 2.24) is 0 Å². The van der Waals surface area contributed by atoms with E-state index in [9.17, 15) is 4.57 Å². The Kier molecular flexibility index (Phi) is 11.3. The number of ether oxygens (including phenoxy) is 2. The van der Waals surface area contributed by atoms with Crippen molar-refractivity contribution in [2.24, 2.45) is 0 Å². The van der Waals surface area contributed by atoms with Crippen molar-refractivity contribution in [3.8, 4) is 0 Å². The summed E-state index contributed by atoms with van der Waals surface area (Å²) in [7, 11) is -2.57. The van der Waals surface area contributed by atoms with Crippen molar-refractivity contribution >= 4 is 17.8 Å². The van der Waals surface area contributed by atoms with Crippen LogP contribution in [0.4, 0.5) is 0 Å². The van der Waals surface area contributed by atoms with Gasteiger partial charge in [-0.2, -0.15) is 0 Å². The van der Waals surface area contributed by atoms with Crippen molar-refractivity contribution < 1.29 is 14.0 Å². The standard InChI is InChI=1S/C28H39O3P/c29-32(26-18-10-8-11-19-26,27-20-12-9-13-21-27)25-17-7-5-3-1-2-4-6-15-23-30-28-22-14-16-24-31-28/h3,5,8-13,18-21,28H,1-2,4,6-7,14-17,22-25H2/b5-3-. The molecule has 3 nitrogen and oxygen atoms in total. The first-order valence-corrected chi connectivity index (χ1v) is 14.3. The smallest absolute Gasteiger partial charge is 0.157 e. The van der Waals surface area contributed by atoms with E-state index in [1.807, 2.05) is 60.7 Å². The molecule has 1 saturated heterocycles. The number of benzene rings is 2. The van der Waals surface area contributed by atoms with Crippen LogP contribution in [0.15, 0.2) is 72.8 Å². The van der Waals surface area contributed by atoms with Crippen molar-refractivity contribution in [2.75, 3.05) is 19.4 Å². The Morgan fingerprint density at radius 2 is 1.44 bits per heavy atom. The summed E-state index contributed by atoms with van der Waals surface area (Å²) in [4.78, 5) is 0. The second-order valence-corrected chi connectivity index (χ2v) is 11.6. The van der Waals surface area contributed by atoms with E-state index in [-0.39, 0.29) is 6.29 Å². The van der Waals surface area contributed by atoms with Gasteiger partial charge in [-0.05, 0) is 51.4 Å². The minimum Gasteiger partial charge on any atom is -0.353 e. The highest BCUT2D eigenvalue weighted by Crippen LogP contribution is 2.44. The Morgan fingerprint density at radius 1 is 0.812 bits per heavy atom. The summed E-state index contributed by atoms with van der Waals surface area (Å²) in [6, 6.07) is 20.0. The first-order chi connectivity index (χ1) is 15.8. The SMILES string of the molecule is O=P(CCC/C=C\CCCCCCOC1CCCCO1)(c1ccccc1)c1ccccc1. The second kappa shape index (κ2) is 14.5. The molecule has 0 saturated carbocycles. The van der Waals surface area contributed by atoms with Gasteiger partial charge in [0.25, 0.3) is 0 Å². The predicted octanol–water partition coefficient (Wildman–Crippen LogP) is 6.83. The van der Waals surface area contributed by atoms with Crippen molar-refractivity contribution in [1.29, 1.82) is 0 Å². The molecule has 32 heavy (non-hydrogen) atoms. The maximum absolute atomic E-state index is 13.9. The summed E-state index contributed by atoms with van der Waals surface area (Å²) < 4.78 is 25.3. The molecule has 0 bridgehead atoms. The molecule has 4 heteroatoms. The summed E-state index contributed by atoms with van der Waals surface area (Å²) in [6.07, 6.45) is 16.7. The van der Waals surface area contributed by atoms with E-state index < -0.39 is 7.14 Å². The summed E-state index contributed by atoms with van der Waals surface area (Å²) in [5.41, 5.74) is 0. The average Bonchev–Trinajstić information content (AvgIpc) is 2.86. The number of unbranched alkanes of at least 4 members (excludes halogenated alkanes) is 5. The van der Waals surface area contributed by atoms with Gasteiger partial charge in [0.15, 0.2) is 6.29 Å². The minimum absolute atomic E-state index is 0.0470. The van der Waals surface area contributed by atoms with Gasteiger partial charge in [-0.15, -0.1) is 0 Å². The normalized spacial score (nSPS) is 17.1. The third kappa shape index (κ3) is 8.35. The fraction of sp³-hybridized carbons (Fsp3) is 0.500. The zero-order valence-corrected chi connectivity index (χ0v) is 20.3. The lowest BCUT2D eigenvalue weighted by Gasteiger charge is -2.22. The van der Waals surface area contributed by atoms with E-state index in [0.717, 1.165) is 62.1 Å². The molecular weight excluding hydrogens is 415 g/mol. The van der Waals surface area contributed by atoms with Gasteiger partial charge in [-0.25, -0.2) is 0 Å². The molecule has 1 unspecified atom stereocenters. The summed E-state index contributed by atoms with van der Waals surface area (Å²) in [6.45, 7) is 1.68. The molecule has 1 aliphatic heterocycles. The second-order valence-electron chi connectivity index (χ2n) is 8.62. The van der Waals surface area contributed by atoms with E-state index in [1.165, 1.54) is 32.1 Å². The van der Waals surface area contributed by atoms with Gasteiger partial charge >= 0.3 is 0 Å². The monoisotopic (exact) mass is 454 g/mol. The Balaban J connectivity index is 1.29. The Labute approximate surface area is 194 Å². The number of hydrogen-bond donors (Lipinski definition) is 0. The van der Waals surface area contributed by atoms with Crippen LogP contribution in [-0.2, 0) is 14.0 Å². The third-order valence-corrected chi connectivity index (χ3v) is 9.27. The van der Waals surface area contributed by atoms with Crippen LogP contribution < -0.4 is 10.6 Å². The summed E-state index contributed by atoms with van der Waals surface area (Å²) in [5.74, 6) is 0. The van der Waals surface area contributed by atoms with Crippen LogP contribution in [0.2, 0.25) is 0 Å². The molecule has 2 aromatic rings. The van der Waals surface area contributed by atoms with Crippen LogP contribution in [-0.4, -0.2) is 25.7 Å². The molecule has 2 aromatic carbocycles. The maximum Gasteiger partial charge on any atom is 0.157 e. The number of rotatable bonds is 14. The maximum atomic E-state index is 13.9. The lowest BCUT2D eigenvalue weighted by Crippen LogP contribution is -2.22. The Hall–Kier alpha value is -1.67. The molecule has 1 heterocycles. The molecule has 0 aromatic heterocycles. The molecule has 0 amide bonds. The molecule has 1 atom stereocenters. The topological polar surface area (TPSA) is 35.5 Å². The lowest BCUT2D eigenvalue weighted by atomic mass is 10.1. The molecule has 3 rings (SSSR count). The summed E-state index contributed by atoms with van der Waals surface area (Å²) in [5, 5.41) is 1.93. The molecule has 0 spiro atoms. The molecule has 174 valence electrons. The van der Waals surface area contributed by atoms with E-state index in [4.69, 9.17) is 9.47 Å². The Bertz CT molecular complexity index is 770. The fourth-order valence-corrected chi connectivity index (χ4v) is 6.94. The summed E-state index contributed by atoms with van der Waals surface area (Å²) >= 11 is 0. The molecule has 1 fully saturated rings. The Morgan fingerprint density at radius 3 is 2.06 bits per heavy atom. The number of hydrogen-bond acceptors (Lipinski definition) is 3. The van der Waals surface area contributed by atoms with Gasteiger partial charge in [-0.3, -0.25) is 0 Å². The highest BCUT2D eigenvalue weighted by atomic mass is 31.2. The van der Waals surface area contributed by atoms with E-state index >= 15 is 0 Å². The quantitative estimate of drug-likeness (QED) is 0.178. The minimum atomic E-state index is -2.57. The average molecular weight is 455 g/mol. The first kappa shape index (κ1) is 25.0. The van der Waals surface area contributed by atoms with Crippen LogP contribution >= 0.6 is 7.14 Å². The van der Waals surface area contributed by atoms with Crippen LogP contribution in [0.5, 0.6) is 0 Å². The molecular formula is C28H39O3P. The molecule has 1 aliphatic rings. The zero-order valence-electron chi connectivity index (χ0n) is 19.4. The van der Waals surface area contributed by atoms with Crippen molar-refractivity contribution in [3.63, 3.8) is 0 Å². The van der Waals surface area contributed by atoms with Gasteiger partial charge < -0.3 is 14.0 Å². The van der Waals surface area contributed by atoms with Gasteiger partial charge in [0.2, 0.25) is 0 Å². The van der Waals surface area contributed by atoms with Crippen LogP contribution in [0.1, 0.15) is 64.2 Å². The van der Waals surface area contributed by atoms with Gasteiger partial charge in [0.05, 0.1) is 0 Å². The predicted molar refractivity (Wildman–Crippen MR) is 136 cm³/mol. The van der Waals surface area contributed by atoms with E-state index in [2.05, 4.69) is 12.2 Å². The highest BCUT2D eigenvalue weighted by molar-refractivity contribution is 7.78. The van der Waals surface area contributed by atoms with E-state index in [1.54, 1.807) is 0 Å². The van der Waals surface area contributed by atoms with Crippen molar-refractivity contribution in [3.05, 3.63) is 72.8 Å². The largest absolute Gasteiger partial charge is 0.353 e. The fourth-order valence-electron chi connectivity index (χ4n) is 4.19. The van der Waals surface area contributed by atoms with Gasteiger partial charge in [0.1, 0.15) is 7.14 Å². The van der Waals surface area contributed by atoms with Crippen molar-refractivity contribution in [2.45, 2.75) is 70.5 Å². The van der Waals surface area contributed by atoms with Crippen LogP contribution in [0.3, 0.4) is 0 Å². The third-order valence-electron chi connectivity index (χ3n) is 6.06. The van der Waals surface area contributed by atoms with Crippen LogP contribution in [0.25, 0.3) is 0 Å². The molecule has 0 aliphatic carbocycles.